The van der Waals surface area contributed by atoms with Crippen molar-refractivity contribution in [2.45, 2.75) is 76.9 Å². The van der Waals surface area contributed by atoms with Gasteiger partial charge in [-0.2, -0.15) is 0 Å². The van der Waals surface area contributed by atoms with Gasteiger partial charge < -0.3 is 0 Å². The molecule has 0 N–H and O–H groups in total. The first-order chi connectivity index (χ1) is 7.02. The summed E-state index contributed by atoms with van der Waals surface area (Å²) in [6.45, 7) is 9.44. The second-order valence-electron chi connectivity index (χ2n) is 6.12. The molecule has 0 aromatic carbocycles. The first-order valence-corrected chi connectivity index (χ1v) is 6.47. The second kappa shape index (κ2) is 3.62. The van der Waals surface area contributed by atoms with E-state index < -0.39 is 0 Å². The Morgan fingerprint density at radius 2 is 2.07 bits per heavy atom. The van der Waals surface area contributed by atoms with Crippen LogP contribution in [-0.4, -0.2) is 22.0 Å². The molecule has 2 aliphatic rings. The van der Waals surface area contributed by atoms with Crippen LogP contribution in [0.2, 0.25) is 0 Å². The molecule has 15 heavy (non-hydrogen) atoms. The summed E-state index contributed by atoms with van der Waals surface area (Å²) in [4.78, 5) is 2.76. The minimum Gasteiger partial charge on any atom is -0.286 e. The van der Waals surface area contributed by atoms with Crippen LogP contribution in [0.3, 0.4) is 0 Å². The minimum atomic E-state index is 0.346. The van der Waals surface area contributed by atoms with Gasteiger partial charge in [0.05, 0.1) is 0 Å². The zero-order valence-electron chi connectivity index (χ0n) is 10.7. The molecule has 1 heteroatoms. The van der Waals surface area contributed by atoms with Crippen LogP contribution in [0.25, 0.3) is 0 Å². The summed E-state index contributed by atoms with van der Waals surface area (Å²) in [5, 5.41) is 0. The van der Waals surface area contributed by atoms with Crippen molar-refractivity contribution in [2.75, 3.05) is 0 Å². The van der Waals surface area contributed by atoms with E-state index >= 15 is 0 Å². The predicted octanol–water partition coefficient (Wildman–Crippen LogP) is 3.75. The maximum absolute atomic E-state index is 2.76. The van der Waals surface area contributed by atoms with Gasteiger partial charge in [0.25, 0.3) is 0 Å². The van der Waals surface area contributed by atoms with Gasteiger partial charge in [-0.25, -0.2) is 0 Å². The van der Waals surface area contributed by atoms with Crippen LogP contribution in [0, 0.1) is 0 Å². The number of hydrogen-bond acceptors (Lipinski definition) is 1. The molecular weight excluding hydrogens is 182 g/mol. The Balaban J connectivity index is 2.20. The van der Waals surface area contributed by atoms with Gasteiger partial charge in [-0.05, 0) is 52.9 Å². The Bertz CT molecular complexity index is 261. The molecule has 2 unspecified atom stereocenters. The highest BCUT2D eigenvalue weighted by Gasteiger charge is 2.63. The zero-order valence-corrected chi connectivity index (χ0v) is 10.7. The molecular formula is C14H25N. The molecule has 0 spiro atoms. The topological polar surface area (TPSA) is 3.01 Å². The highest BCUT2D eigenvalue weighted by molar-refractivity contribution is 5.22. The first-order valence-electron chi connectivity index (χ1n) is 6.47. The van der Waals surface area contributed by atoms with E-state index in [2.05, 4.69) is 44.7 Å². The maximum Gasteiger partial charge on any atom is 0.0405 e. The lowest BCUT2D eigenvalue weighted by molar-refractivity contribution is 0.229. The lowest BCUT2D eigenvalue weighted by atomic mass is 9.92. The zero-order chi connectivity index (χ0) is 11.1. The summed E-state index contributed by atoms with van der Waals surface area (Å²) < 4.78 is 0. The summed E-state index contributed by atoms with van der Waals surface area (Å²) in [6.07, 6.45) is 11.4. The van der Waals surface area contributed by atoms with Crippen molar-refractivity contribution in [3.05, 3.63) is 12.2 Å². The smallest absolute Gasteiger partial charge is 0.0405 e. The van der Waals surface area contributed by atoms with Crippen LogP contribution in [0.1, 0.15) is 59.8 Å². The van der Waals surface area contributed by atoms with Gasteiger partial charge in [-0.15, -0.1) is 0 Å². The molecule has 86 valence electrons. The van der Waals surface area contributed by atoms with Crippen LogP contribution in [-0.2, 0) is 0 Å². The molecule has 0 saturated carbocycles. The highest BCUT2D eigenvalue weighted by Crippen LogP contribution is 2.54. The molecule has 0 aromatic heterocycles. The molecule has 0 aromatic rings. The lowest BCUT2D eigenvalue weighted by Gasteiger charge is -2.26. The number of nitrogens with zero attached hydrogens (tertiary/aromatic N) is 1. The van der Waals surface area contributed by atoms with E-state index in [1.54, 1.807) is 0 Å². The first kappa shape index (κ1) is 11.2. The van der Waals surface area contributed by atoms with Crippen LogP contribution in [0.5, 0.6) is 0 Å². The number of hydrogen-bond donors (Lipinski definition) is 0. The number of fused-ring (bicyclic) bond motifs is 1. The van der Waals surface area contributed by atoms with Crippen molar-refractivity contribution in [2.24, 2.45) is 0 Å². The van der Waals surface area contributed by atoms with E-state index in [0.717, 1.165) is 6.04 Å². The monoisotopic (exact) mass is 207 g/mol. The second-order valence-corrected chi connectivity index (χ2v) is 6.12. The fraction of sp³-hybridized carbons (Fsp3) is 0.857. The van der Waals surface area contributed by atoms with Crippen LogP contribution in [0.4, 0.5) is 0 Å². The fourth-order valence-electron chi connectivity index (χ4n) is 3.59. The summed E-state index contributed by atoms with van der Waals surface area (Å²) in [5.74, 6) is 0. The standard InChI is InChI=1S/C14H25N/c1-5-14-11-9-7-6-8-10-12(14)15(14)13(2,3)4/h7,9,12H,5-6,8,10-11H2,1-4H3/b9-7-/t12?,14-,15?/m1/s1. The molecule has 1 fully saturated rings. The predicted molar refractivity (Wildman–Crippen MR) is 66.0 cm³/mol. The highest BCUT2D eigenvalue weighted by atomic mass is 15.4. The van der Waals surface area contributed by atoms with Crippen molar-refractivity contribution < 1.29 is 0 Å². The third kappa shape index (κ3) is 1.75. The van der Waals surface area contributed by atoms with Crippen molar-refractivity contribution in [1.29, 1.82) is 0 Å². The average molecular weight is 207 g/mol. The summed E-state index contributed by atoms with van der Waals surface area (Å²) in [7, 11) is 0. The van der Waals surface area contributed by atoms with Gasteiger partial charge in [-0.3, -0.25) is 4.90 Å². The van der Waals surface area contributed by atoms with Gasteiger partial charge in [0, 0.05) is 17.1 Å². The quantitative estimate of drug-likeness (QED) is 0.467. The van der Waals surface area contributed by atoms with Gasteiger partial charge >= 0.3 is 0 Å². The SMILES string of the molecule is CC[C@@]12C/C=C\CCCC1N2C(C)(C)C. The van der Waals surface area contributed by atoms with E-state index in [9.17, 15) is 0 Å². The van der Waals surface area contributed by atoms with Gasteiger partial charge in [0.2, 0.25) is 0 Å². The molecule has 0 radical (unpaired) electrons. The van der Waals surface area contributed by atoms with Crippen molar-refractivity contribution >= 4 is 0 Å². The van der Waals surface area contributed by atoms with Crippen molar-refractivity contribution in [3.63, 3.8) is 0 Å². The fourth-order valence-corrected chi connectivity index (χ4v) is 3.59. The average Bonchev–Trinajstić information content (AvgIpc) is 2.72. The van der Waals surface area contributed by atoms with E-state index in [4.69, 9.17) is 0 Å². The molecule has 1 nitrogen and oxygen atoms in total. The summed E-state index contributed by atoms with van der Waals surface area (Å²) in [6, 6.07) is 0.854. The van der Waals surface area contributed by atoms with Crippen LogP contribution < -0.4 is 0 Å². The van der Waals surface area contributed by atoms with E-state index in [1.165, 1.54) is 32.1 Å². The molecule has 1 saturated heterocycles. The minimum absolute atomic E-state index is 0.346. The third-order valence-electron chi connectivity index (χ3n) is 4.17. The van der Waals surface area contributed by atoms with Crippen molar-refractivity contribution in [1.82, 2.24) is 4.90 Å². The van der Waals surface area contributed by atoms with Crippen LogP contribution in [0.15, 0.2) is 12.2 Å². The third-order valence-corrected chi connectivity index (χ3v) is 4.17. The molecule has 0 amide bonds. The lowest BCUT2D eigenvalue weighted by Crippen LogP contribution is -2.32. The molecule has 3 atom stereocenters. The Morgan fingerprint density at radius 1 is 1.33 bits per heavy atom. The Kier molecular flexibility index (Phi) is 2.70. The normalized spacial score (nSPS) is 42.7. The molecule has 1 aliphatic carbocycles. The maximum atomic E-state index is 2.76. The largest absolute Gasteiger partial charge is 0.286 e. The van der Waals surface area contributed by atoms with Crippen molar-refractivity contribution in [3.8, 4) is 0 Å². The Labute approximate surface area is 94.5 Å². The molecule has 2 rings (SSSR count). The molecule has 1 heterocycles. The Hall–Kier alpha value is -0.300. The molecule has 1 aliphatic heterocycles. The van der Waals surface area contributed by atoms with Crippen LogP contribution >= 0.6 is 0 Å². The summed E-state index contributed by atoms with van der Waals surface area (Å²) in [5.41, 5.74) is 0.855. The summed E-state index contributed by atoms with van der Waals surface area (Å²) >= 11 is 0. The number of rotatable bonds is 1. The van der Waals surface area contributed by atoms with Gasteiger partial charge in [0.15, 0.2) is 0 Å². The Morgan fingerprint density at radius 3 is 2.67 bits per heavy atom. The molecule has 0 bridgehead atoms. The van der Waals surface area contributed by atoms with Gasteiger partial charge in [-0.1, -0.05) is 19.1 Å². The van der Waals surface area contributed by atoms with Gasteiger partial charge in [0.1, 0.15) is 0 Å². The van der Waals surface area contributed by atoms with E-state index in [1.807, 2.05) is 0 Å². The van der Waals surface area contributed by atoms with E-state index in [0.29, 0.717) is 11.1 Å². The number of allylic oxidation sites excluding steroid dienone is 1. The van der Waals surface area contributed by atoms with E-state index in [-0.39, 0.29) is 0 Å².